The summed E-state index contributed by atoms with van der Waals surface area (Å²) < 4.78 is 2.43. The highest BCUT2D eigenvalue weighted by Crippen LogP contribution is 2.63. The summed E-state index contributed by atoms with van der Waals surface area (Å²) in [5, 5.41) is 7.39. The second-order valence-electron chi connectivity index (χ2n) is 22.3. The van der Waals surface area contributed by atoms with Gasteiger partial charge < -0.3 is 9.47 Å². The first-order valence-corrected chi connectivity index (χ1v) is 28.8. The summed E-state index contributed by atoms with van der Waals surface area (Å²) in [5.74, 6) is 0. The molecular formula is C81H52N2. The van der Waals surface area contributed by atoms with Crippen molar-refractivity contribution in [2.75, 3.05) is 4.90 Å². The third kappa shape index (κ3) is 7.10. The average molecular weight is 1050 g/mol. The highest BCUT2D eigenvalue weighted by molar-refractivity contribution is 6.22. The maximum Gasteiger partial charge on any atom is 0.0725 e. The van der Waals surface area contributed by atoms with Gasteiger partial charge in [-0.05, 0) is 189 Å². The molecule has 0 N–H and O–H groups in total. The van der Waals surface area contributed by atoms with Crippen LogP contribution in [0.15, 0.2) is 315 Å². The topological polar surface area (TPSA) is 8.17 Å². The second-order valence-corrected chi connectivity index (χ2v) is 22.3. The zero-order valence-corrected chi connectivity index (χ0v) is 45.4. The van der Waals surface area contributed by atoms with Crippen LogP contribution in [0.1, 0.15) is 22.3 Å². The first kappa shape index (κ1) is 47.1. The van der Waals surface area contributed by atoms with E-state index in [1.165, 1.54) is 121 Å². The van der Waals surface area contributed by atoms with Crippen molar-refractivity contribution in [3.05, 3.63) is 338 Å². The molecule has 83 heavy (non-hydrogen) atoms. The van der Waals surface area contributed by atoms with E-state index in [4.69, 9.17) is 0 Å². The molecule has 1 heterocycles. The van der Waals surface area contributed by atoms with Crippen molar-refractivity contribution in [2.45, 2.75) is 5.41 Å². The molecule has 386 valence electrons. The van der Waals surface area contributed by atoms with Crippen LogP contribution in [-0.2, 0) is 5.41 Å². The van der Waals surface area contributed by atoms with E-state index >= 15 is 0 Å². The van der Waals surface area contributed by atoms with Gasteiger partial charge in [-0.1, -0.05) is 237 Å². The predicted octanol–water partition coefficient (Wildman–Crippen LogP) is 21.6. The number of aromatic nitrogens is 1. The molecule has 0 saturated heterocycles. The summed E-state index contributed by atoms with van der Waals surface area (Å²) in [6.45, 7) is 0. The lowest BCUT2D eigenvalue weighted by atomic mass is 9.70. The maximum absolute atomic E-state index is 2.50. The number of hydrogen-bond acceptors (Lipinski definition) is 1. The fraction of sp³-hybridized carbons (Fsp3) is 0.0123. The predicted molar refractivity (Wildman–Crippen MR) is 349 cm³/mol. The standard InChI is InChI=1S/C81H52N2/c1-5-21-54(22-6-1)79-67-32-13-14-33-68(67)80(55-23-7-2-8-24-55)72-50-56(40-46-69(72)79)53-37-42-61(43-38-53)82(59-25-9-3-10-26-59)62-44-48-78-71(52-62)70-49-57(41-47-77(70)83(78)60-27-11-4-12-28-60)58-39-45-66-65-31-17-20-36-75(65)81(76(66)51-58)73-34-18-15-29-63(73)64-30-16-19-35-74(64)81/h1-52H. The Kier molecular flexibility index (Phi) is 10.6. The van der Waals surface area contributed by atoms with Gasteiger partial charge in [-0.2, -0.15) is 0 Å². The summed E-state index contributed by atoms with van der Waals surface area (Å²) in [6, 6.07) is 117. The Balaban J connectivity index is 0.811. The van der Waals surface area contributed by atoms with Crippen molar-refractivity contribution in [2.24, 2.45) is 0 Å². The van der Waals surface area contributed by atoms with E-state index in [2.05, 4.69) is 325 Å². The van der Waals surface area contributed by atoms with E-state index in [0.717, 1.165) is 33.8 Å². The SMILES string of the molecule is c1ccc(-c2c3ccccc3c(-c3ccccc3)c3cc(-c4ccc(N(c5ccccc5)c5ccc6c(c5)c5cc(-c7ccc8c(c7)C7(c9ccccc9-c9ccccc97)c7ccccc7-8)ccc5n6-c5ccccc5)cc4)ccc23)cc1. The van der Waals surface area contributed by atoms with Gasteiger partial charge in [-0.25, -0.2) is 0 Å². The molecule has 0 fully saturated rings. The number of para-hydroxylation sites is 2. The second kappa shape index (κ2) is 18.6. The number of anilines is 3. The quantitative estimate of drug-likeness (QED) is 0.138. The first-order chi connectivity index (χ1) is 41.2. The lowest BCUT2D eigenvalue weighted by Gasteiger charge is -2.30. The number of benzene rings is 14. The van der Waals surface area contributed by atoms with E-state index in [-0.39, 0.29) is 0 Å². The van der Waals surface area contributed by atoms with E-state index in [1.54, 1.807) is 0 Å². The zero-order valence-electron chi connectivity index (χ0n) is 45.4. The number of nitrogens with zero attached hydrogens (tertiary/aromatic N) is 2. The van der Waals surface area contributed by atoms with Crippen LogP contribution < -0.4 is 4.90 Å². The summed E-state index contributed by atoms with van der Waals surface area (Å²) in [4.78, 5) is 2.40. The number of rotatable bonds is 8. The third-order valence-corrected chi connectivity index (χ3v) is 18.0. The Morgan fingerprint density at radius 1 is 0.229 bits per heavy atom. The molecule has 0 aliphatic heterocycles. The summed E-state index contributed by atoms with van der Waals surface area (Å²) in [6.07, 6.45) is 0. The van der Waals surface area contributed by atoms with Gasteiger partial charge in [0.1, 0.15) is 0 Å². The van der Waals surface area contributed by atoms with Crippen molar-refractivity contribution in [3.8, 4) is 72.4 Å². The van der Waals surface area contributed by atoms with Gasteiger partial charge >= 0.3 is 0 Å². The van der Waals surface area contributed by atoms with Crippen LogP contribution in [0.4, 0.5) is 17.1 Å². The number of hydrogen-bond donors (Lipinski definition) is 0. The molecule has 2 aliphatic rings. The van der Waals surface area contributed by atoms with Crippen molar-refractivity contribution in [1.82, 2.24) is 4.57 Å². The van der Waals surface area contributed by atoms with Gasteiger partial charge in [0.25, 0.3) is 0 Å². The molecule has 0 atom stereocenters. The van der Waals surface area contributed by atoms with Crippen LogP contribution in [0.5, 0.6) is 0 Å². The highest BCUT2D eigenvalue weighted by Gasteiger charge is 2.51. The van der Waals surface area contributed by atoms with Crippen LogP contribution in [0.2, 0.25) is 0 Å². The average Bonchev–Trinajstić information content (AvgIpc) is 2.25. The lowest BCUT2D eigenvalue weighted by Crippen LogP contribution is -2.25. The van der Waals surface area contributed by atoms with Crippen molar-refractivity contribution < 1.29 is 0 Å². The monoisotopic (exact) mass is 1050 g/mol. The molecule has 1 aromatic heterocycles. The molecule has 17 rings (SSSR count). The van der Waals surface area contributed by atoms with E-state index in [0.29, 0.717) is 0 Å². The molecule has 2 heteroatoms. The largest absolute Gasteiger partial charge is 0.310 e. The molecular weight excluding hydrogens is 1000 g/mol. The molecule has 0 radical (unpaired) electrons. The Labute approximate surface area is 482 Å². The molecule has 1 spiro atoms. The highest BCUT2D eigenvalue weighted by atomic mass is 15.1. The van der Waals surface area contributed by atoms with Crippen LogP contribution in [0.3, 0.4) is 0 Å². The molecule has 0 unspecified atom stereocenters. The lowest BCUT2D eigenvalue weighted by molar-refractivity contribution is 0.794. The zero-order chi connectivity index (χ0) is 54.6. The fourth-order valence-corrected chi connectivity index (χ4v) is 14.5. The summed E-state index contributed by atoms with van der Waals surface area (Å²) >= 11 is 0. The Morgan fingerprint density at radius 2 is 0.627 bits per heavy atom. The Hall–Kier alpha value is -10.8. The minimum atomic E-state index is -0.417. The molecule has 2 aliphatic carbocycles. The van der Waals surface area contributed by atoms with Gasteiger partial charge in [0.2, 0.25) is 0 Å². The molecule has 15 aromatic rings. The minimum Gasteiger partial charge on any atom is -0.310 e. The summed E-state index contributed by atoms with van der Waals surface area (Å²) in [7, 11) is 0. The van der Waals surface area contributed by atoms with Crippen LogP contribution in [0, 0.1) is 0 Å². The molecule has 0 amide bonds. The van der Waals surface area contributed by atoms with Gasteiger partial charge in [-0.15, -0.1) is 0 Å². The fourth-order valence-electron chi connectivity index (χ4n) is 14.5. The molecule has 14 aromatic carbocycles. The van der Waals surface area contributed by atoms with Gasteiger partial charge in [0.15, 0.2) is 0 Å². The first-order valence-electron chi connectivity index (χ1n) is 28.8. The van der Waals surface area contributed by atoms with Crippen LogP contribution >= 0.6 is 0 Å². The summed E-state index contributed by atoms with van der Waals surface area (Å²) in [5.41, 5.74) is 26.6. The van der Waals surface area contributed by atoms with Gasteiger partial charge in [0, 0.05) is 33.5 Å². The van der Waals surface area contributed by atoms with Crippen LogP contribution in [-0.4, -0.2) is 4.57 Å². The molecule has 0 saturated carbocycles. The smallest absolute Gasteiger partial charge is 0.0725 e. The van der Waals surface area contributed by atoms with Gasteiger partial charge in [0.05, 0.1) is 16.4 Å². The normalized spacial score (nSPS) is 12.7. The van der Waals surface area contributed by atoms with Gasteiger partial charge in [-0.3, -0.25) is 0 Å². The van der Waals surface area contributed by atoms with Crippen LogP contribution in [0.25, 0.3) is 116 Å². The maximum atomic E-state index is 2.50. The van der Waals surface area contributed by atoms with Crippen molar-refractivity contribution in [1.29, 1.82) is 0 Å². The molecule has 2 nitrogen and oxygen atoms in total. The minimum absolute atomic E-state index is 0.417. The Morgan fingerprint density at radius 3 is 1.24 bits per heavy atom. The Bertz CT molecular complexity index is 4990. The van der Waals surface area contributed by atoms with E-state index in [1.807, 2.05) is 0 Å². The van der Waals surface area contributed by atoms with Crippen molar-refractivity contribution in [3.63, 3.8) is 0 Å². The number of fused-ring (bicyclic) bond motifs is 15. The third-order valence-electron chi connectivity index (χ3n) is 18.0. The van der Waals surface area contributed by atoms with E-state index in [9.17, 15) is 0 Å². The van der Waals surface area contributed by atoms with E-state index < -0.39 is 5.41 Å². The molecule has 0 bridgehead atoms. The van der Waals surface area contributed by atoms with Crippen molar-refractivity contribution >= 4 is 60.4 Å².